The largest absolute Gasteiger partial charge is 0.342 e. The molecule has 0 aromatic heterocycles. The average Bonchev–Trinajstić information content (AvgIpc) is 3.19. The number of nitrogens with zero attached hydrogens (tertiary/aromatic N) is 2. The number of amides is 1. The minimum atomic E-state index is 0.393. The predicted octanol–water partition coefficient (Wildman–Crippen LogP) is 4.07. The van der Waals surface area contributed by atoms with Gasteiger partial charge in [-0.25, -0.2) is 0 Å². The zero-order valence-electron chi connectivity index (χ0n) is 15.6. The van der Waals surface area contributed by atoms with Crippen LogP contribution in [0.5, 0.6) is 0 Å². The summed E-state index contributed by atoms with van der Waals surface area (Å²) in [5.41, 5.74) is 0.893. The summed E-state index contributed by atoms with van der Waals surface area (Å²) in [5.74, 6) is 1.30. The standard InChI is InChI=1S/C20H36N2O/c1-4-7-18(23)22-15-14-19(16-22)10-12-20(13-11-19,21(2)3)17-8-5-6-9-17/h17H,4-16H2,1-3H3. The first kappa shape index (κ1) is 17.3. The molecule has 3 rings (SSSR count). The molecule has 0 bridgehead atoms. The smallest absolute Gasteiger partial charge is 0.222 e. The highest BCUT2D eigenvalue weighted by Gasteiger charge is 2.50. The molecular formula is C20H36N2O. The van der Waals surface area contributed by atoms with Crippen LogP contribution in [0.4, 0.5) is 0 Å². The van der Waals surface area contributed by atoms with Gasteiger partial charge >= 0.3 is 0 Å². The van der Waals surface area contributed by atoms with Gasteiger partial charge in [-0.2, -0.15) is 0 Å². The highest BCUT2D eigenvalue weighted by atomic mass is 16.2. The van der Waals surface area contributed by atoms with Crippen LogP contribution in [0, 0.1) is 11.3 Å². The lowest BCUT2D eigenvalue weighted by Crippen LogP contribution is -2.54. The van der Waals surface area contributed by atoms with Gasteiger partial charge in [0, 0.05) is 25.0 Å². The molecule has 2 aliphatic carbocycles. The summed E-state index contributed by atoms with van der Waals surface area (Å²) in [6, 6.07) is 0. The van der Waals surface area contributed by atoms with E-state index >= 15 is 0 Å². The molecule has 1 heterocycles. The van der Waals surface area contributed by atoms with Crippen molar-refractivity contribution in [3.63, 3.8) is 0 Å². The van der Waals surface area contributed by atoms with Crippen LogP contribution in [0.15, 0.2) is 0 Å². The van der Waals surface area contributed by atoms with Crippen LogP contribution in [-0.2, 0) is 4.79 Å². The van der Waals surface area contributed by atoms with Crippen LogP contribution < -0.4 is 0 Å². The lowest BCUT2D eigenvalue weighted by atomic mass is 9.62. The second-order valence-electron chi connectivity index (χ2n) is 8.79. The Bertz CT molecular complexity index is 417. The van der Waals surface area contributed by atoms with Gasteiger partial charge in [-0.15, -0.1) is 0 Å². The maximum absolute atomic E-state index is 12.2. The van der Waals surface area contributed by atoms with Gasteiger partial charge in [0.25, 0.3) is 0 Å². The molecule has 2 saturated carbocycles. The number of carbonyl (C=O) groups is 1. The van der Waals surface area contributed by atoms with Crippen molar-refractivity contribution in [2.75, 3.05) is 27.2 Å². The Labute approximate surface area is 142 Å². The zero-order valence-corrected chi connectivity index (χ0v) is 15.6. The second-order valence-corrected chi connectivity index (χ2v) is 8.79. The van der Waals surface area contributed by atoms with Gasteiger partial charge < -0.3 is 9.80 Å². The Hall–Kier alpha value is -0.570. The first-order valence-electron chi connectivity index (χ1n) is 9.97. The first-order valence-corrected chi connectivity index (χ1v) is 9.97. The third-order valence-electron chi connectivity index (χ3n) is 7.44. The molecule has 3 heteroatoms. The number of rotatable bonds is 4. The minimum absolute atomic E-state index is 0.393. The predicted molar refractivity (Wildman–Crippen MR) is 95.4 cm³/mol. The second kappa shape index (κ2) is 6.74. The molecule has 132 valence electrons. The van der Waals surface area contributed by atoms with Crippen LogP contribution in [-0.4, -0.2) is 48.4 Å². The molecule has 0 atom stereocenters. The van der Waals surface area contributed by atoms with Crippen molar-refractivity contribution in [2.45, 2.75) is 83.1 Å². The fourth-order valence-corrected chi connectivity index (χ4v) is 5.83. The summed E-state index contributed by atoms with van der Waals surface area (Å²) in [5, 5.41) is 0. The Balaban J connectivity index is 1.64. The minimum Gasteiger partial charge on any atom is -0.342 e. The third-order valence-corrected chi connectivity index (χ3v) is 7.44. The summed E-state index contributed by atoms with van der Waals surface area (Å²) in [6.45, 7) is 4.16. The van der Waals surface area contributed by atoms with E-state index in [2.05, 4.69) is 30.8 Å². The maximum Gasteiger partial charge on any atom is 0.222 e. The molecule has 0 unspecified atom stereocenters. The van der Waals surface area contributed by atoms with Crippen LogP contribution in [0.3, 0.4) is 0 Å². The normalized spacial score (nSPS) is 35.6. The van der Waals surface area contributed by atoms with E-state index in [4.69, 9.17) is 0 Å². The van der Waals surface area contributed by atoms with E-state index in [1.807, 2.05) is 0 Å². The highest BCUT2D eigenvalue weighted by Crippen LogP contribution is 2.53. The highest BCUT2D eigenvalue weighted by molar-refractivity contribution is 5.76. The van der Waals surface area contributed by atoms with E-state index in [-0.39, 0.29) is 0 Å². The molecule has 1 aliphatic heterocycles. The molecule has 3 nitrogen and oxygen atoms in total. The SMILES string of the molecule is CCCC(=O)N1CCC2(CCC(C3CCCC3)(N(C)C)CC2)C1. The summed E-state index contributed by atoms with van der Waals surface area (Å²) >= 11 is 0. The van der Waals surface area contributed by atoms with Crippen molar-refractivity contribution in [1.29, 1.82) is 0 Å². The maximum atomic E-state index is 12.2. The van der Waals surface area contributed by atoms with E-state index in [0.717, 1.165) is 31.8 Å². The first-order chi connectivity index (χ1) is 11.0. The average molecular weight is 321 g/mol. The summed E-state index contributed by atoms with van der Waals surface area (Å²) in [6.07, 6.45) is 14.1. The van der Waals surface area contributed by atoms with E-state index in [1.54, 1.807) is 0 Å². The van der Waals surface area contributed by atoms with Crippen molar-refractivity contribution in [1.82, 2.24) is 9.80 Å². The van der Waals surface area contributed by atoms with Crippen LogP contribution in [0.1, 0.15) is 77.6 Å². The molecular weight excluding hydrogens is 284 g/mol. The quantitative estimate of drug-likeness (QED) is 0.779. The number of hydrogen-bond acceptors (Lipinski definition) is 2. The summed E-state index contributed by atoms with van der Waals surface area (Å²) in [4.78, 5) is 17.0. The third kappa shape index (κ3) is 3.18. The van der Waals surface area contributed by atoms with E-state index in [9.17, 15) is 4.79 Å². The Morgan fingerprint density at radius 1 is 1.09 bits per heavy atom. The molecule has 3 aliphatic rings. The molecule has 0 aromatic carbocycles. The van der Waals surface area contributed by atoms with Gasteiger partial charge in [-0.05, 0) is 76.8 Å². The molecule has 1 saturated heterocycles. The van der Waals surface area contributed by atoms with E-state index in [1.165, 1.54) is 57.8 Å². The van der Waals surface area contributed by atoms with Crippen molar-refractivity contribution in [3.05, 3.63) is 0 Å². The summed E-state index contributed by atoms with van der Waals surface area (Å²) in [7, 11) is 4.62. The lowest BCUT2D eigenvalue weighted by molar-refractivity contribution is -0.130. The fraction of sp³-hybridized carbons (Fsp3) is 0.950. The molecule has 23 heavy (non-hydrogen) atoms. The van der Waals surface area contributed by atoms with Gasteiger partial charge in [0.1, 0.15) is 0 Å². The van der Waals surface area contributed by atoms with E-state index < -0.39 is 0 Å². The van der Waals surface area contributed by atoms with Crippen molar-refractivity contribution in [3.8, 4) is 0 Å². The number of hydrogen-bond donors (Lipinski definition) is 0. The molecule has 0 radical (unpaired) electrons. The van der Waals surface area contributed by atoms with Gasteiger partial charge in [-0.1, -0.05) is 19.8 Å². The summed E-state index contributed by atoms with van der Waals surface area (Å²) < 4.78 is 0. The van der Waals surface area contributed by atoms with Crippen LogP contribution in [0.25, 0.3) is 0 Å². The van der Waals surface area contributed by atoms with Gasteiger partial charge in [0.15, 0.2) is 0 Å². The number of likely N-dealkylation sites (tertiary alicyclic amines) is 1. The Kier molecular flexibility index (Phi) is 5.06. The molecule has 0 N–H and O–H groups in total. The molecule has 1 spiro atoms. The van der Waals surface area contributed by atoms with Gasteiger partial charge in [0.05, 0.1) is 0 Å². The molecule has 1 amide bonds. The van der Waals surface area contributed by atoms with Crippen molar-refractivity contribution < 1.29 is 4.79 Å². The Morgan fingerprint density at radius 3 is 2.30 bits per heavy atom. The topological polar surface area (TPSA) is 23.6 Å². The fourth-order valence-electron chi connectivity index (χ4n) is 5.83. The van der Waals surface area contributed by atoms with E-state index in [0.29, 0.717) is 16.9 Å². The lowest BCUT2D eigenvalue weighted by Gasteiger charge is -2.52. The van der Waals surface area contributed by atoms with Gasteiger partial charge in [-0.3, -0.25) is 4.79 Å². The van der Waals surface area contributed by atoms with Crippen LogP contribution >= 0.6 is 0 Å². The molecule has 0 aromatic rings. The van der Waals surface area contributed by atoms with Crippen molar-refractivity contribution in [2.24, 2.45) is 11.3 Å². The van der Waals surface area contributed by atoms with Crippen LogP contribution in [0.2, 0.25) is 0 Å². The monoisotopic (exact) mass is 320 g/mol. The Morgan fingerprint density at radius 2 is 1.74 bits per heavy atom. The molecule has 3 fully saturated rings. The number of carbonyl (C=O) groups excluding carboxylic acids is 1. The van der Waals surface area contributed by atoms with Crippen molar-refractivity contribution >= 4 is 5.91 Å². The zero-order chi connectivity index (χ0) is 16.5. The van der Waals surface area contributed by atoms with Gasteiger partial charge in [0.2, 0.25) is 5.91 Å².